The van der Waals surface area contributed by atoms with E-state index in [4.69, 9.17) is 9.97 Å². The molecule has 0 radical (unpaired) electrons. The van der Waals surface area contributed by atoms with E-state index in [2.05, 4.69) is 37.9 Å². The van der Waals surface area contributed by atoms with E-state index >= 15 is 0 Å². The van der Waals surface area contributed by atoms with Crippen LogP contribution < -0.4 is 4.57 Å². The van der Waals surface area contributed by atoms with Crippen molar-refractivity contribution in [3.05, 3.63) is 59.4 Å². The number of nitrogens with zero attached hydrogens (tertiary/aromatic N) is 4. The molecule has 0 fully saturated rings. The quantitative estimate of drug-likeness (QED) is 0.398. The molecule has 4 rings (SSSR count). The zero-order chi connectivity index (χ0) is 16.8. The first-order valence-corrected chi connectivity index (χ1v) is 8.04. The van der Waals surface area contributed by atoms with Crippen molar-refractivity contribution in [3.63, 3.8) is 0 Å². The van der Waals surface area contributed by atoms with Crippen molar-refractivity contribution in [2.75, 3.05) is 0 Å². The van der Waals surface area contributed by atoms with Crippen molar-refractivity contribution in [3.8, 4) is 11.3 Å². The highest BCUT2D eigenvalue weighted by Gasteiger charge is 2.20. The fourth-order valence-electron chi connectivity index (χ4n) is 3.21. The summed E-state index contributed by atoms with van der Waals surface area (Å²) < 4.78 is 2.03. The first-order valence-electron chi connectivity index (χ1n) is 8.04. The van der Waals surface area contributed by atoms with Crippen LogP contribution in [0.2, 0.25) is 0 Å². The molecule has 0 saturated carbocycles. The maximum absolute atomic E-state index is 4.87. The molecule has 24 heavy (non-hydrogen) atoms. The van der Waals surface area contributed by atoms with Crippen molar-refractivity contribution in [1.82, 2.24) is 15.0 Å². The lowest BCUT2D eigenvalue weighted by atomic mass is 9.97. The molecular weight excluding hydrogens is 296 g/mol. The number of hydrogen-bond donors (Lipinski definition) is 0. The Morgan fingerprint density at radius 2 is 1.62 bits per heavy atom. The van der Waals surface area contributed by atoms with Crippen molar-refractivity contribution >= 4 is 22.2 Å². The minimum absolute atomic E-state index is 0.681. The molecule has 4 aromatic rings. The number of fused-ring (bicyclic) bond motifs is 2. The Balaban J connectivity index is 2.15. The molecule has 0 bridgehead atoms. The number of benzene rings is 2. The van der Waals surface area contributed by atoms with Gasteiger partial charge >= 0.3 is 0 Å². The van der Waals surface area contributed by atoms with Gasteiger partial charge in [-0.05, 0) is 55.1 Å². The summed E-state index contributed by atoms with van der Waals surface area (Å²) in [6.45, 7) is 6.43. The Hall–Kier alpha value is -2.88. The third-order valence-electron chi connectivity index (χ3n) is 4.55. The molecule has 4 heteroatoms. The molecule has 2 heterocycles. The number of aryl methyl sites for hydroxylation is 3. The fourth-order valence-corrected chi connectivity index (χ4v) is 3.21. The smallest absolute Gasteiger partial charge is 0.236 e. The van der Waals surface area contributed by atoms with Crippen LogP contribution in [0.1, 0.15) is 16.7 Å². The second-order valence-electron chi connectivity index (χ2n) is 6.34. The molecule has 0 amide bonds. The van der Waals surface area contributed by atoms with Gasteiger partial charge in [0.1, 0.15) is 0 Å². The van der Waals surface area contributed by atoms with Gasteiger partial charge in [0.15, 0.2) is 11.2 Å². The average Bonchev–Trinajstić information content (AvgIpc) is 2.57. The van der Waals surface area contributed by atoms with Gasteiger partial charge in [0.2, 0.25) is 0 Å². The maximum atomic E-state index is 4.87. The van der Waals surface area contributed by atoms with Crippen LogP contribution in [0.3, 0.4) is 0 Å². The van der Waals surface area contributed by atoms with Gasteiger partial charge in [-0.3, -0.25) is 0 Å². The van der Waals surface area contributed by atoms with E-state index in [1.165, 1.54) is 22.3 Å². The van der Waals surface area contributed by atoms with Crippen LogP contribution in [0.5, 0.6) is 0 Å². The largest absolute Gasteiger partial charge is 0.296 e. The van der Waals surface area contributed by atoms with Crippen LogP contribution in [0, 0.1) is 20.8 Å². The Morgan fingerprint density at radius 3 is 2.38 bits per heavy atom. The maximum Gasteiger partial charge on any atom is 0.296 e. The monoisotopic (exact) mass is 315 g/mol. The van der Waals surface area contributed by atoms with Gasteiger partial charge in [-0.25, -0.2) is 14.5 Å². The molecule has 0 saturated heterocycles. The van der Waals surface area contributed by atoms with Crippen LogP contribution in [0.15, 0.2) is 42.7 Å². The highest BCUT2D eigenvalue weighted by atomic mass is 15.0. The first-order chi connectivity index (χ1) is 11.5. The van der Waals surface area contributed by atoms with E-state index in [1.807, 2.05) is 42.2 Å². The molecule has 0 atom stereocenters. The second-order valence-corrected chi connectivity index (χ2v) is 6.34. The predicted molar refractivity (Wildman–Crippen MR) is 95.7 cm³/mol. The molecule has 0 aliphatic heterocycles. The van der Waals surface area contributed by atoms with Gasteiger partial charge in [0.05, 0.1) is 18.1 Å². The SMILES string of the molecule is Cc1cc(C)c(C)c(-c2c3nc4ccccc4nc3nc[n+]2C)c1. The molecule has 2 aromatic carbocycles. The summed E-state index contributed by atoms with van der Waals surface area (Å²) in [6.07, 6.45) is 1.82. The summed E-state index contributed by atoms with van der Waals surface area (Å²) in [5.74, 6) is 0. The van der Waals surface area contributed by atoms with Crippen LogP contribution in [0.4, 0.5) is 0 Å². The third-order valence-corrected chi connectivity index (χ3v) is 4.55. The van der Waals surface area contributed by atoms with Crippen LogP contribution >= 0.6 is 0 Å². The van der Waals surface area contributed by atoms with Gasteiger partial charge in [-0.2, -0.15) is 0 Å². The van der Waals surface area contributed by atoms with Crippen molar-refractivity contribution in [2.24, 2.45) is 7.05 Å². The summed E-state index contributed by atoms with van der Waals surface area (Å²) in [5, 5.41) is 0. The summed E-state index contributed by atoms with van der Waals surface area (Å²) in [6, 6.07) is 12.4. The summed E-state index contributed by atoms with van der Waals surface area (Å²) in [5.41, 5.74) is 9.31. The van der Waals surface area contributed by atoms with Crippen LogP contribution in [-0.4, -0.2) is 15.0 Å². The van der Waals surface area contributed by atoms with E-state index < -0.39 is 0 Å². The number of aromatic nitrogens is 4. The van der Waals surface area contributed by atoms with Gasteiger partial charge in [0, 0.05) is 5.56 Å². The highest BCUT2D eigenvalue weighted by Crippen LogP contribution is 2.29. The fraction of sp³-hybridized carbons (Fsp3) is 0.200. The lowest BCUT2D eigenvalue weighted by molar-refractivity contribution is -0.662. The summed E-state index contributed by atoms with van der Waals surface area (Å²) >= 11 is 0. The molecule has 2 aromatic heterocycles. The average molecular weight is 315 g/mol. The standard InChI is InChI=1S/C20H19N4/c1-12-9-13(2)14(3)15(10-12)19-18-20(21-11-24(19)4)23-17-8-6-5-7-16(17)22-18/h5-11H,1-4H3/q+1. The molecule has 118 valence electrons. The summed E-state index contributed by atoms with van der Waals surface area (Å²) in [7, 11) is 2.01. The Kier molecular flexibility index (Phi) is 3.27. The van der Waals surface area contributed by atoms with Crippen LogP contribution in [0.25, 0.3) is 33.5 Å². The zero-order valence-corrected chi connectivity index (χ0v) is 14.3. The van der Waals surface area contributed by atoms with Gasteiger partial charge in [-0.1, -0.05) is 23.8 Å². The number of hydrogen-bond acceptors (Lipinski definition) is 3. The molecule has 0 aliphatic rings. The van der Waals surface area contributed by atoms with E-state index in [9.17, 15) is 0 Å². The number of para-hydroxylation sites is 2. The summed E-state index contributed by atoms with van der Waals surface area (Å²) in [4.78, 5) is 14.0. The van der Waals surface area contributed by atoms with Crippen molar-refractivity contribution < 1.29 is 4.57 Å². The zero-order valence-electron chi connectivity index (χ0n) is 14.3. The Morgan fingerprint density at radius 1 is 0.917 bits per heavy atom. The third kappa shape index (κ3) is 2.22. The van der Waals surface area contributed by atoms with Gasteiger partial charge in [-0.15, -0.1) is 0 Å². The lowest BCUT2D eigenvalue weighted by Gasteiger charge is -2.11. The van der Waals surface area contributed by atoms with Crippen molar-refractivity contribution in [1.29, 1.82) is 0 Å². The topological polar surface area (TPSA) is 42.6 Å². The predicted octanol–water partition coefficient (Wildman–Crippen LogP) is 3.59. The van der Waals surface area contributed by atoms with E-state index in [-0.39, 0.29) is 0 Å². The molecule has 0 N–H and O–H groups in total. The van der Waals surface area contributed by atoms with Crippen LogP contribution in [-0.2, 0) is 7.05 Å². The molecule has 0 unspecified atom stereocenters. The number of rotatable bonds is 1. The lowest BCUT2D eigenvalue weighted by Crippen LogP contribution is -2.32. The van der Waals surface area contributed by atoms with Gasteiger partial charge < -0.3 is 0 Å². The van der Waals surface area contributed by atoms with Gasteiger partial charge in [0.25, 0.3) is 12.0 Å². The minimum atomic E-state index is 0.681. The second kappa shape index (κ2) is 5.34. The molecule has 0 aliphatic carbocycles. The van der Waals surface area contributed by atoms with E-state index in [1.54, 1.807) is 0 Å². The van der Waals surface area contributed by atoms with E-state index in [0.29, 0.717) is 5.65 Å². The Bertz CT molecular complexity index is 1100. The molecular formula is C20H19N4+. The van der Waals surface area contributed by atoms with E-state index in [0.717, 1.165) is 22.2 Å². The Labute approximate surface area is 140 Å². The molecule has 0 spiro atoms. The van der Waals surface area contributed by atoms with Crippen molar-refractivity contribution in [2.45, 2.75) is 20.8 Å². The molecule has 4 nitrogen and oxygen atoms in total. The highest BCUT2D eigenvalue weighted by molar-refractivity contribution is 5.91. The normalized spacial score (nSPS) is 11.3. The first kappa shape index (κ1) is 14.7. The minimum Gasteiger partial charge on any atom is -0.236 e.